The molecule has 186 valence electrons. The maximum Gasteiger partial charge on any atom is 0.261 e. The summed E-state index contributed by atoms with van der Waals surface area (Å²) >= 11 is 0. The van der Waals surface area contributed by atoms with Gasteiger partial charge in [-0.15, -0.1) is 6.58 Å². The lowest BCUT2D eigenvalue weighted by molar-refractivity contribution is -0.155. The van der Waals surface area contributed by atoms with Crippen LogP contribution in [0.3, 0.4) is 0 Å². The molecule has 0 unspecified atom stereocenters. The largest absolute Gasteiger partial charge is 0.404 e. The number of carbonyl (C=O) groups is 2. The van der Waals surface area contributed by atoms with Crippen LogP contribution in [0, 0.1) is 16.7 Å². The Bertz CT molecular complexity index is 1020. The molecule has 4 heteroatoms. The molecule has 0 bridgehead atoms. The molecule has 2 atom stereocenters. The third-order valence-corrected chi connectivity index (χ3v) is 13.4. The van der Waals surface area contributed by atoms with Gasteiger partial charge in [-0.2, -0.15) is 0 Å². The summed E-state index contributed by atoms with van der Waals surface area (Å²) in [5.74, 6) is 0.0238. The summed E-state index contributed by atoms with van der Waals surface area (Å²) in [6.45, 7) is 15.0. The van der Waals surface area contributed by atoms with Crippen LogP contribution in [0.4, 0.5) is 0 Å². The van der Waals surface area contributed by atoms with E-state index >= 15 is 0 Å². The number of hydrogen-bond acceptors (Lipinski definition) is 3. The molecular formula is C31H40O3Si. The van der Waals surface area contributed by atoms with Crippen LogP contribution in [0.5, 0.6) is 0 Å². The van der Waals surface area contributed by atoms with E-state index in [9.17, 15) is 9.59 Å². The van der Waals surface area contributed by atoms with Crippen molar-refractivity contribution in [2.75, 3.05) is 0 Å². The highest BCUT2D eigenvalue weighted by Gasteiger charge is 2.59. The average Bonchev–Trinajstić information content (AvgIpc) is 2.81. The van der Waals surface area contributed by atoms with Gasteiger partial charge in [0.2, 0.25) is 0 Å². The monoisotopic (exact) mass is 488 g/mol. The molecule has 2 fully saturated rings. The zero-order valence-corrected chi connectivity index (χ0v) is 23.0. The van der Waals surface area contributed by atoms with Crippen molar-refractivity contribution in [3.05, 3.63) is 73.3 Å². The van der Waals surface area contributed by atoms with Crippen molar-refractivity contribution in [1.29, 1.82) is 0 Å². The van der Waals surface area contributed by atoms with Gasteiger partial charge in [-0.25, -0.2) is 0 Å². The van der Waals surface area contributed by atoms with E-state index in [2.05, 4.69) is 88.0 Å². The SMILES string of the molecule is C=C[C@@H]1C[C@@H](O[Si](c2ccccc2)(c2ccccc2)C(C)(C)C)CCC12C(=O)CC(C)(C)CC2=O. The molecule has 2 aromatic rings. The van der Waals surface area contributed by atoms with E-state index in [1.165, 1.54) is 10.4 Å². The zero-order chi connectivity index (χ0) is 25.5. The van der Waals surface area contributed by atoms with Gasteiger partial charge in [0.1, 0.15) is 11.6 Å². The quantitative estimate of drug-likeness (QED) is 0.301. The summed E-state index contributed by atoms with van der Waals surface area (Å²) in [6, 6.07) is 21.3. The molecule has 2 aliphatic rings. The van der Waals surface area contributed by atoms with Gasteiger partial charge in [-0.3, -0.25) is 9.59 Å². The third-order valence-electron chi connectivity index (χ3n) is 8.33. The van der Waals surface area contributed by atoms with Gasteiger partial charge < -0.3 is 4.43 Å². The fourth-order valence-electron chi connectivity index (χ4n) is 6.62. The standard InChI is InChI=1S/C31H40O3Si/c1-7-23-20-24(18-19-31(23)27(32)21-30(5,6)22-28(31)33)34-35(29(2,3)4,25-14-10-8-11-15-25)26-16-12-9-13-17-26/h7-17,23-24H,1,18-22H2,2-6H3/t23-,24+/m1/s1. The van der Waals surface area contributed by atoms with E-state index in [-0.39, 0.29) is 34.0 Å². The molecule has 0 N–H and O–H groups in total. The first-order chi connectivity index (χ1) is 16.5. The molecule has 0 radical (unpaired) electrons. The molecule has 0 aliphatic heterocycles. The second-order valence-corrected chi connectivity index (χ2v) is 16.6. The van der Waals surface area contributed by atoms with Crippen LogP contribution in [-0.4, -0.2) is 26.0 Å². The lowest BCUT2D eigenvalue weighted by Gasteiger charge is -2.51. The molecule has 0 heterocycles. The Kier molecular flexibility index (Phi) is 6.84. The van der Waals surface area contributed by atoms with Gasteiger partial charge in [0.25, 0.3) is 8.32 Å². The smallest absolute Gasteiger partial charge is 0.261 e. The summed E-state index contributed by atoms with van der Waals surface area (Å²) in [4.78, 5) is 26.9. The van der Waals surface area contributed by atoms with Crippen molar-refractivity contribution in [2.24, 2.45) is 16.7 Å². The Balaban J connectivity index is 1.73. The summed E-state index contributed by atoms with van der Waals surface area (Å²) in [7, 11) is -2.70. The lowest BCUT2D eigenvalue weighted by Crippen LogP contribution is -2.68. The first-order valence-corrected chi connectivity index (χ1v) is 14.9. The van der Waals surface area contributed by atoms with Crippen LogP contribution in [0.25, 0.3) is 0 Å². The minimum atomic E-state index is -2.70. The van der Waals surface area contributed by atoms with Gasteiger partial charge in [-0.05, 0) is 46.0 Å². The zero-order valence-electron chi connectivity index (χ0n) is 22.0. The van der Waals surface area contributed by atoms with Crippen LogP contribution in [-0.2, 0) is 14.0 Å². The number of Topliss-reactive ketones (excluding diaryl/α,β-unsaturated/α-hetero) is 2. The van der Waals surface area contributed by atoms with E-state index in [1.807, 2.05) is 19.9 Å². The number of ketones is 2. The van der Waals surface area contributed by atoms with Gasteiger partial charge in [0.15, 0.2) is 0 Å². The summed E-state index contributed by atoms with van der Waals surface area (Å²) in [5, 5.41) is 2.39. The number of hydrogen-bond donors (Lipinski definition) is 0. The number of benzene rings is 2. The highest BCUT2D eigenvalue weighted by Crippen LogP contribution is 2.52. The maximum atomic E-state index is 13.5. The maximum absolute atomic E-state index is 13.5. The summed E-state index contributed by atoms with van der Waals surface area (Å²) in [6.07, 6.45) is 4.67. The summed E-state index contributed by atoms with van der Waals surface area (Å²) < 4.78 is 7.36. The number of rotatable bonds is 5. The molecule has 1 spiro atoms. The van der Waals surface area contributed by atoms with Crippen LogP contribution in [0.15, 0.2) is 73.3 Å². The minimum Gasteiger partial charge on any atom is -0.404 e. The second kappa shape index (κ2) is 9.29. The van der Waals surface area contributed by atoms with E-state index < -0.39 is 13.7 Å². The number of carbonyl (C=O) groups excluding carboxylic acids is 2. The van der Waals surface area contributed by atoms with Crippen molar-refractivity contribution in [3.63, 3.8) is 0 Å². The second-order valence-electron chi connectivity index (χ2n) is 12.4. The Morgan fingerprint density at radius 3 is 1.83 bits per heavy atom. The number of allylic oxidation sites excluding steroid dienone is 1. The normalized spacial score (nSPS) is 24.4. The first-order valence-electron chi connectivity index (χ1n) is 12.9. The molecule has 0 aromatic heterocycles. The fraction of sp³-hybridized carbons (Fsp3) is 0.484. The Morgan fingerprint density at radius 1 is 0.914 bits per heavy atom. The highest BCUT2D eigenvalue weighted by atomic mass is 28.4. The topological polar surface area (TPSA) is 43.4 Å². The predicted molar refractivity (Wildman–Crippen MR) is 145 cm³/mol. The van der Waals surface area contributed by atoms with Gasteiger partial charge in [0, 0.05) is 18.9 Å². The van der Waals surface area contributed by atoms with Crippen molar-refractivity contribution in [3.8, 4) is 0 Å². The molecular weight excluding hydrogens is 448 g/mol. The van der Waals surface area contributed by atoms with E-state index in [4.69, 9.17) is 4.43 Å². The molecule has 2 saturated carbocycles. The average molecular weight is 489 g/mol. The molecule has 0 amide bonds. The third kappa shape index (κ3) is 4.40. The van der Waals surface area contributed by atoms with Crippen molar-refractivity contribution < 1.29 is 14.0 Å². The van der Waals surface area contributed by atoms with E-state index in [1.54, 1.807) is 0 Å². The fourth-order valence-corrected chi connectivity index (χ4v) is 11.3. The molecule has 3 nitrogen and oxygen atoms in total. The van der Waals surface area contributed by atoms with E-state index in [0.29, 0.717) is 32.1 Å². The van der Waals surface area contributed by atoms with Crippen molar-refractivity contribution >= 4 is 30.3 Å². The molecule has 35 heavy (non-hydrogen) atoms. The summed E-state index contributed by atoms with van der Waals surface area (Å²) in [5.41, 5.74) is -1.17. The van der Waals surface area contributed by atoms with Crippen LogP contribution < -0.4 is 10.4 Å². The highest BCUT2D eigenvalue weighted by molar-refractivity contribution is 6.99. The minimum absolute atomic E-state index is 0.0366. The Labute approximate surface area is 212 Å². The van der Waals surface area contributed by atoms with Crippen LogP contribution in [0.2, 0.25) is 5.04 Å². The van der Waals surface area contributed by atoms with Gasteiger partial charge in [-0.1, -0.05) is 101 Å². The molecule has 2 aliphatic carbocycles. The van der Waals surface area contributed by atoms with E-state index in [0.717, 1.165) is 0 Å². The molecule has 4 rings (SSSR count). The Hall–Kier alpha value is -2.30. The first kappa shape index (κ1) is 25.8. The Morgan fingerprint density at radius 2 is 1.40 bits per heavy atom. The lowest BCUT2D eigenvalue weighted by atomic mass is 9.54. The predicted octanol–water partition coefficient (Wildman–Crippen LogP) is 5.86. The van der Waals surface area contributed by atoms with Gasteiger partial charge >= 0.3 is 0 Å². The van der Waals surface area contributed by atoms with Crippen LogP contribution >= 0.6 is 0 Å². The molecule has 0 saturated heterocycles. The van der Waals surface area contributed by atoms with Gasteiger partial charge in [0.05, 0.1) is 5.41 Å². The van der Waals surface area contributed by atoms with Crippen molar-refractivity contribution in [1.82, 2.24) is 0 Å². The van der Waals surface area contributed by atoms with Crippen LogP contribution in [0.1, 0.15) is 66.7 Å². The van der Waals surface area contributed by atoms with Crippen molar-refractivity contribution in [2.45, 2.75) is 77.9 Å². The molecule has 2 aromatic carbocycles.